The van der Waals surface area contributed by atoms with Crippen molar-refractivity contribution < 1.29 is 4.79 Å². The monoisotopic (exact) mass is 290 g/mol. The van der Waals surface area contributed by atoms with Gasteiger partial charge in [0.15, 0.2) is 0 Å². The summed E-state index contributed by atoms with van der Waals surface area (Å²) in [6.45, 7) is 5.28. The predicted octanol–water partition coefficient (Wildman–Crippen LogP) is 2.68. The van der Waals surface area contributed by atoms with Crippen LogP contribution >= 0.6 is 11.5 Å². The van der Waals surface area contributed by atoms with Crippen molar-refractivity contribution in [2.45, 2.75) is 33.2 Å². The Morgan fingerprint density at radius 2 is 2.10 bits per heavy atom. The molecule has 0 fully saturated rings. The fourth-order valence-corrected chi connectivity index (χ4v) is 2.51. The summed E-state index contributed by atoms with van der Waals surface area (Å²) in [6, 6.07) is 3.87. The summed E-state index contributed by atoms with van der Waals surface area (Å²) in [6.07, 6.45) is 5.54. The van der Waals surface area contributed by atoms with E-state index < -0.39 is 0 Å². The van der Waals surface area contributed by atoms with Gasteiger partial charge in [0.25, 0.3) is 5.91 Å². The Kier molecular flexibility index (Phi) is 5.17. The van der Waals surface area contributed by atoms with E-state index in [4.69, 9.17) is 0 Å². The molecule has 0 aromatic carbocycles. The summed E-state index contributed by atoms with van der Waals surface area (Å²) in [5, 5.41) is 3.92. The van der Waals surface area contributed by atoms with Crippen molar-refractivity contribution in [1.82, 2.24) is 19.5 Å². The van der Waals surface area contributed by atoms with Gasteiger partial charge in [-0.05, 0) is 42.6 Å². The number of pyridine rings is 1. The fourth-order valence-electron chi connectivity index (χ4n) is 1.88. The van der Waals surface area contributed by atoms with Gasteiger partial charge >= 0.3 is 0 Å². The lowest BCUT2D eigenvalue weighted by Gasteiger charge is -2.22. The molecule has 0 saturated carbocycles. The minimum absolute atomic E-state index is 0.0164. The van der Waals surface area contributed by atoms with Crippen molar-refractivity contribution in [3.8, 4) is 0 Å². The number of unbranched alkanes of at least 4 members (excludes halogenated alkanes) is 1. The number of carbonyl (C=O) groups is 1. The summed E-state index contributed by atoms with van der Waals surface area (Å²) in [5.41, 5.74) is 1.79. The van der Waals surface area contributed by atoms with Crippen LogP contribution in [0.15, 0.2) is 24.5 Å². The lowest BCUT2D eigenvalue weighted by Crippen LogP contribution is -2.31. The molecule has 5 nitrogen and oxygen atoms in total. The molecule has 2 rings (SSSR count). The summed E-state index contributed by atoms with van der Waals surface area (Å²) in [5.74, 6) is 0.0164. The van der Waals surface area contributed by atoms with Gasteiger partial charge in [0.05, 0.1) is 5.69 Å². The van der Waals surface area contributed by atoms with Crippen LogP contribution in [0.3, 0.4) is 0 Å². The van der Waals surface area contributed by atoms with E-state index in [1.54, 1.807) is 12.4 Å². The fraction of sp³-hybridized carbons (Fsp3) is 0.429. The maximum Gasteiger partial charge on any atom is 0.267 e. The van der Waals surface area contributed by atoms with Gasteiger partial charge in [-0.1, -0.05) is 17.8 Å². The zero-order valence-electron chi connectivity index (χ0n) is 11.7. The first-order chi connectivity index (χ1) is 9.72. The smallest absolute Gasteiger partial charge is 0.267 e. The molecule has 0 aliphatic heterocycles. The van der Waals surface area contributed by atoms with E-state index in [0.29, 0.717) is 17.1 Å². The number of carbonyl (C=O) groups excluding carboxylic acids is 1. The van der Waals surface area contributed by atoms with Gasteiger partial charge in [-0.3, -0.25) is 9.78 Å². The summed E-state index contributed by atoms with van der Waals surface area (Å²) >= 11 is 1.17. The van der Waals surface area contributed by atoms with Crippen LogP contribution in [0.4, 0.5) is 0 Å². The van der Waals surface area contributed by atoms with Gasteiger partial charge in [-0.25, -0.2) is 0 Å². The summed E-state index contributed by atoms with van der Waals surface area (Å²) in [7, 11) is 0. The Bertz CT molecular complexity index is 555. The quantitative estimate of drug-likeness (QED) is 0.820. The lowest BCUT2D eigenvalue weighted by molar-refractivity contribution is 0.0744. The van der Waals surface area contributed by atoms with Crippen LogP contribution in [0.5, 0.6) is 0 Å². The van der Waals surface area contributed by atoms with Crippen LogP contribution in [-0.2, 0) is 6.54 Å². The molecule has 6 heteroatoms. The van der Waals surface area contributed by atoms with E-state index in [1.165, 1.54) is 11.5 Å². The number of hydrogen-bond donors (Lipinski definition) is 0. The molecule has 0 spiro atoms. The molecule has 106 valence electrons. The Balaban J connectivity index is 2.15. The Labute approximate surface area is 122 Å². The molecule has 0 unspecified atom stereocenters. The number of rotatable bonds is 6. The third kappa shape index (κ3) is 3.60. The standard InChI is InChI=1S/C14H18N4OS/c1-3-4-9-18(10-12-5-7-15-8-6-12)14(19)13-11(2)16-17-20-13/h5-8H,3-4,9-10H2,1-2H3. The maximum atomic E-state index is 12.6. The highest BCUT2D eigenvalue weighted by atomic mass is 32.1. The second kappa shape index (κ2) is 7.09. The zero-order chi connectivity index (χ0) is 14.4. The molecule has 0 aliphatic rings. The molecular formula is C14H18N4OS. The molecule has 0 atom stereocenters. The minimum Gasteiger partial charge on any atom is -0.334 e. The van der Waals surface area contributed by atoms with Crippen molar-refractivity contribution >= 4 is 17.4 Å². The molecular weight excluding hydrogens is 272 g/mol. The van der Waals surface area contributed by atoms with Crippen molar-refractivity contribution in [1.29, 1.82) is 0 Å². The van der Waals surface area contributed by atoms with Gasteiger partial charge < -0.3 is 4.90 Å². The molecule has 0 aliphatic carbocycles. The summed E-state index contributed by atoms with van der Waals surface area (Å²) < 4.78 is 3.85. The van der Waals surface area contributed by atoms with E-state index in [1.807, 2.05) is 24.0 Å². The van der Waals surface area contributed by atoms with Gasteiger partial charge in [-0.15, -0.1) is 5.10 Å². The van der Waals surface area contributed by atoms with E-state index in [2.05, 4.69) is 21.5 Å². The van der Waals surface area contributed by atoms with Crippen LogP contribution in [0.2, 0.25) is 0 Å². The number of aryl methyl sites for hydroxylation is 1. The second-order valence-corrected chi connectivity index (χ2v) is 5.38. The minimum atomic E-state index is 0.0164. The van der Waals surface area contributed by atoms with E-state index >= 15 is 0 Å². The molecule has 2 aromatic heterocycles. The normalized spacial score (nSPS) is 10.5. The molecule has 0 radical (unpaired) electrons. The van der Waals surface area contributed by atoms with Gasteiger partial charge in [-0.2, -0.15) is 0 Å². The highest BCUT2D eigenvalue weighted by molar-refractivity contribution is 7.07. The van der Waals surface area contributed by atoms with Crippen molar-refractivity contribution in [2.24, 2.45) is 0 Å². The van der Waals surface area contributed by atoms with Gasteiger partial charge in [0.1, 0.15) is 4.88 Å². The van der Waals surface area contributed by atoms with Crippen LogP contribution in [-0.4, -0.2) is 31.9 Å². The summed E-state index contributed by atoms with van der Waals surface area (Å²) in [4.78, 5) is 19.1. The zero-order valence-corrected chi connectivity index (χ0v) is 12.6. The number of amides is 1. The first kappa shape index (κ1) is 14.6. The molecule has 0 saturated heterocycles. The topological polar surface area (TPSA) is 59.0 Å². The Morgan fingerprint density at radius 3 is 2.70 bits per heavy atom. The van der Waals surface area contributed by atoms with Crippen LogP contribution in [0.1, 0.15) is 40.7 Å². The first-order valence-corrected chi connectivity index (χ1v) is 7.46. The number of nitrogens with zero attached hydrogens (tertiary/aromatic N) is 4. The van der Waals surface area contributed by atoms with Gasteiger partial charge in [0, 0.05) is 25.5 Å². The van der Waals surface area contributed by atoms with E-state index in [0.717, 1.165) is 24.9 Å². The third-order valence-electron chi connectivity index (χ3n) is 3.04. The Morgan fingerprint density at radius 1 is 1.35 bits per heavy atom. The molecule has 20 heavy (non-hydrogen) atoms. The highest BCUT2D eigenvalue weighted by Crippen LogP contribution is 2.15. The molecule has 1 amide bonds. The average Bonchev–Trinajstić information content (AvgIpc) is 2.90. The predicted molar refractivity (Wildman–Crippen MR) is 78.5 cm³/mol. The molecule has 2 aromatic rings. The van der Waals surface area contributed by atoms with E-state index in [-0.39, 0.29) is 5.91 Å². The van der Waals surface area contributed by atoms with Crippen molar-refractivity contribution in [3.63, 3.8) is 0 Å². The van der Waals surface area contributed by atoms with Crippen LogP contribution in [0, 0.1) is 6.92 Å². The number of hydrogen-bond acceptors (Lipinski definition) is 5. The van der Waals surface area contributed by atoms with Crippen LogP contribution in [0.25, 0.3) is 0 Å². The number of aromatic nitrogens is 3. The van der Waals surface area contributed by atoms with E-state index in [9.17, 15) is 4.79 Å². The average molecular weight is 290 g/mol. The van der Waals surface area contributed by atoms with Gasteiger partial charge in [0.2, 0.25) is 0 Å². The van der Waals surface area contributed by atoms with Crippen LogP contribution < -0.4 is 0 Å². The second-order valence-electron chi connectivity index (χ2n) is 4.62. The molecule has 0 N–H and O–H groups in total. The van der Waals surface area contributed by atoms with Crippen molar-refractivity contribution in [2.75, 3.05) is 6.54 Å². The maximum absolute atomic E-state index is 12.6. The largest absolute Gasteiger partial charge is 0.334 e. The highest BCUT2D eigenvalue weighted by Gasteiger charge is 2.20. The third-order valence-corrected chi connectivity index (χ3v) is 3.85. The molecule has 2 heterocycles. The first-order valence-electron chi connectivity index (χ1n) is 6.69. The van der Waals surface area contributed by atoms with Crippen molar-refractivity contribution in [3.05, 3.63) is 40.7 Å². The SMILES string of the molecule is CCCCN(Cc1ccncc1)C(=O)c1snnc1C. The Hall–Kier alpha value is -1.82. The lowest BCUT2D eigenvalue weighted by atomic mass is 10.2. The molecule has 0 bridgehead atoms.